The second-order valence-corrected chi connectivity index (χ2v) is 9.79. The van der Waals surface area contributed by atoms with Crippen LogP contribution >= 0.6 is 11.8 Å². The fourth-order valence-electron chi connectivity index (χ4n) is 4.60. The summed E-state index contributed by atoms with van der Waals surface area (Å²) in [6.07, 6.45) is 1.69. The minimum atomic E-state index is -0.632. The average molecular weight is 559 g/mol. The molecule has 3 aromatic carbocycles. The standard InChI is InChI=1S/C29H28N2O2S.3C2H6/c1-2-33-29(32)26(30)18-34-28-24-9-5-3-8-21(24)17-22-12-11-19(16-25(22)28)15-23-14-13-20-7-4-6-10-27(20)31-23;3*1-2/h3-14,16,26,28H,2,15,17-18,30H2,1H3;3*1-2H3/t26-,28?;;;/m0.../s1. The van der Waals surface area contributed by atoms with Gasteiger partial charge in [0.05, 0.1) is 17.4 Å². The van der Waals surface area contributed by atoms with Gasteiger partial charge >= 0.3 is 5.97 Å². The average Bonchev–Trinajstić information content (AvgIpc) is 3.02. The number of carbonyl (C=O) groups excluding carboxylic acids is 1. The van der Waals surface area contributed by atoms with Gasteiger partial charge in [0.15, 0.2) is 0 Å². The van der Waals surface area contributed by atoms with E-state index < -0.39 is 6.04 Å². The van der Waals surface area contributed by atoms with Gasteiger partial charge < -0.3 is 10.5 Å². The van der Waals surface area contributed by atoms with Gasteiger partial charge in [-0.05, 0) is 53.3 Å². The largest absolute Gasteiger partial charge is 0.465 e. The van der Waals surface area contributed by atoms with Crippen LogP contribution in [0.2, 0.25) is 0 Å². The molecule has 0 aliphatic heterocycles. The number of hydrogen-bond donors (Lipinski definition) is 1. The summed E-state index contributed by atoms with van der Waals surface area (Å²) in [5.74, 6) is 0.170. The number of nitrogens with two attached hydrogens (primary N) is 1. The summed E-state index contributed by atoms with van der Waals surface area (Å²) in [5, 5.41) is 1.28. The highest BCUT2D eigenvalue weighted by Gasteiger charge is 2.27. The maximum atomic E-state index is 12.1. The normalized spacial score (nSPS) is 13.6. The minimum Gasteiger partial charge on any atom is -0.465 e. The second kappa shape index (κ2) is 17.5. The fraction of sp³-hybridized carbons (Fsp3) is 0.371. The van der Waals surface area contributed by atoms with E-state index in [9.17, 15) is 4.79 Å². The number of hydrogen-bond acceptors (Lipinski definition) is 5. The number of benzene rings is 3. The molecule has 5 heteroatoms. The fourth-order valence-corrected chi connectivity index (χ4v) is 5.94. The Morgan fingerprint density at radius 3 is 2.33 bits per heavy atom. The summed E-state index contributed by atoms with van der Waals surface area (Å²) < 4.78 is 5.11. The van der Waals surface area contributed by atoms with Crippen molar-refractivity contribution in [3.8, 4) is 0 Å². The van der Waals surface area contributed by atoms with E-state index >= 15 is 0 Å². The highest BCUT2D eigenvalue weighted by atomic mass is 32.2. The predicted octanol–water partition coefficient (Wildman–Crippen LogP) is 8.52. The molecule has 1 aliphatic carbocycles. The van der Waals surface area contributed by atoms with E-state index in [0.29, 0.717) is 12.4 Å². The van der Waals surface area contributed by atoms with Gasteiger partial charge in [0.2, 0.25) is 0 Å². The summed E-state index contributed by atoms with van der Waals surface area (Å²) in [4.78, 5) is 17.0. The number of esters is 1. The molecule has 4 aromatic rings. The van der Waals surface area contributed by atoms with E-state index in [-0.39, 0.29) is 11.2 Å². The number of ether oxygens (including phenoxy) is 1. The number of nitrogens with zero attached hydrogens (tertiary/aromatic N) is 1. The summed E-state index contributed by atoms with van der Waals surface area (Å²) >= 11 is 1.72. The molecule has 1 unspecified atom stereocenters. The summed E-state index contributed by atoms with van der Waals surface area (Å²) in [6, 6.07) is 27.2. The van der Waals surface area contributed by atoms with E-state index in [4.69, 9.17) is 15.5 Å². The Morgan fingerprint density at radius 1 is 0.900 bits per heavy atom. The summed E-state index contributed by atoms with van der Waals surface area (Å²) in [7, 11) is 0. The zero-order valence-corrected chi connectivity index (χ0v) is 26.1. The Hall–Kier alpha value is -3.15. The van der Waals surface area contributed by atoms with Crippen molar-refractivity contribution in [1.82, 2.24) is 4.98 Å². The van der Waals surface area contributed by atoms with Crippen LogP contribution in [0.1, 0.15) is 87.2 Å². The molecule has 2 atom stereocenters. The highest BCUT2D eigenvalue weighted by molar-refractivity contribution is 7.99. The number of thioether (sulfide) groups is 1. The van der Waals surface area contributed by atoms with Crippen molar-refractivity contribution in [2.24, 2.45) is 5.73 Å². The lowest BCUT2D eigenvalue weighted by molar-refractivity contribution is -0.144. The van der Waals surface area contributed by atoms with E-state index in [1.54, 1.807) is 18.7 Å². The molecule has 1 aliphatic rings. The van der Waals surface area contributed by atoms with Gasteiger partial charge in [-0.1, -0.05) is 108 Å². The third-order valence-corrected chi connectivity index (χ3v) is 7.68. The maximum Gasteiger partial charge on any atom is 0.323 e. The molecule has 0 spiro atoms. The van der Waals surface area contributed by atoms with Gasteiger partial charge in [-0.15, -0.1) is 11.8 Å². The summed E-state index contributed by atoms with van der Waals surface area (Å²) in [5.41, 5.74) is 14.7. The zero-order chi connectivity index (χ0) is 29.5. The molecular weight excluding hydrogens is 512 g/mol. The minimum absolute atomic E-state index is 0.130. The first kappa shape index (κ1) is 33.1. The second-order valence-electron chi connectivity index (χ2n) is 8.65. The molecule has 0 saturated carbocycles. The molecule has 1 heterocycles. The van der Waals surface area contributed by atoms with Crippen LogP contribution in [-0.4, -0.2) is 29.4 Å². The van der Waals surface area contributed by atoms with Crippen LogP contribution < -0.4 is 5.73 Å². The Kier molecular flexibility index (Phi) is 14.5. The molecule has 40 heavy (non-hydrogen) atoms. The first-order valence-corrected chi connectivity index (χ1v) is 15.7. The molecule has 5 rings (SSSR count). The third kappa shape index (κ3) is 8.42. The van der Waals surface area contributed by atoms with Crippen LogP contribution in [0.5, 0.6) is 0 Å². The molecule has 0 saturated heterocycles. The first-order valence-electron chi connectivity index (χ1n) is 14.7. The van der Waals surface area contributed by atoms with Gasteiger partial charge in [0.1, 0.15) is 6.04 Å². The van der Waals surface area contributed by atoms with Crippen LogP contribution in [-0.2, 0) is 22.4 Å². The first-order chi connectivity index (χ1) is 19.6. The van der Waals surface area contributed by atoms with Gasteiger partial charge in [-0.25, -0.2) is 0 Å². The van der Waals surface area contributed by atoms with E-state index in [2.05, 4.69) is 66.7 Å². The van der Waals surface area contributed by atoms with Gasteiger partial charge in [-0.2, -0.15) is 0 Å². The number of para-hydroxylation sites is 1. The van der Waals surface area contributed by atoms with Crippen LogP contribution in [0.3, 0.4) is 0 Å². The summed E-state index contributed by atoms with van der Waals surface area (Å²) in [6.45, 7) is 14.1. The zero-order valence-electron chi connectivity index (χ0n) is 25.2. The highest BCUT2D eigenvalue weighted by Crippen LogP contribution is 2.44. The van der Waals surface area contributed by atoms with E-state index in [1.165, 1.54) is 27.8 Å². The number of rotatable bonds is 7. The van der Waals surface area contributed by atoms with E-state index in [1.807, 2.05) is 53.7 Å². The van der Waals surface area contributed by atoms with Crippen LogP contribution in [0, 0.1) is 0 Å². The molecule has 0 amide bonds. The number of carbonyl (C=O) groups is 1. The Bertz CT molecular complexity index is 1340. The predicted molar refractivity (Wildman–Crippen MR) is 173 cm³/mol. The molecule has 214 valence electrons. The van der Waals surface area contributed by atoms with Gasteiger partial charge in [0, 0.05) is 23.3 Å². The molecular formula is C35H46N2O2S. The number of aromatic nitrogens is 1. The molecule has 0 bridgehead atoms. The Morgan fingerprint density at radius 2 is 1.57 bits per heavy atom. The Labute approximate surface area is 245 Å². The van der Waals surface area contributed by atoms with Crippen molar-refractivity contribution in [2.75, 3.05) is 12.4 Å². The van der Waals surface area contributed by atoms with Crippen molar-refractivity contribution >= 4 is 28.6 Å². The molecule has 2 N–H and O–H groups in total. The number of fused-ring (bicyclic) bond motifs is 3. The monoisotopic (exact) mass is 558 g/mol. The van der Waals surface area contributed by atoms with Crippen molar-refractivity contribution in [3.05, 3.63) is 112 Å². The van der Waals surface area contributed by atoms with Crippen LogP contribution in [0.15, 0.2) is 78.9 Å². The number of pyridine rings is 1. The third-order valence-electron chi connectivity index (χ3n) is 6.28. The molecule has 0 radical (unpaired) electrons. The maximum absolute atomic E-state index is 12.1. The quantitative estimate of drug-likeness (QED) is 0.230. The lowest BCUT2D eigenvalue weighted by Gasteiger charge is -2.29. The SMILES string of the molecule is CC.CC.CC.CCOC(=O)[C@@H](N)CSC1c2ccccc2Cc2ccc(Cc3ccc4ccccc4n3)cc21. The molecule has 4 nitrogen and oxygen atoms in total. The van der Waals surface area contributed by atoms with Crippen LogP contribution in [0.25, 0.3) is 10.9 Å². The molecule has 1 aromatic heterocycles. The van der Waals surface area contributed by atoms with E-state index in [0.717, 1.165) is 29.4 Å². The van der Waals surface area contributed by atoms with Gasteiger partial charge in [0.25, 0.3) is 0 Å². The Balaban J connectivity index is 0.000000876. The lowest BCUT2D eigenvalue weighted by Crippen LogP contribution is -2.35. The van der Waals surface area contributed by atoms with Crippen molar-refractivity contribution in [1.29, 1.82) is 0 Å². The van der Waals surface area contributed by atoms with Crippen molar-refractivity contribution < 1.29 is 9.53 Å². The van der Waals surface area contributed by atoms with Crippen molar-refractivity contribution in [2.45, 2.75) is 72.6 Å². The topological polar surface area (TPSA) is 65.2 Å². The lowest BCUT2D eigenvalue weighted by atomic mass is 9.84. The van der Waals surface area contributed by atoms with Crippen LogP contribution in [0.4, 0.5) is 0 Å². The van der Waals surface area contributed by atoms with Gasteiger partial charge in [-0.3, -0.25) is 9.78 Å². The molecule has 0 fully saturated rings. The smallest absolute Gasteiger partial charge is 0.323 e. The van der Waals surface area contributed by atoms with Crippen molar-refractivity contribution in [3.63, 3.8) is 0 Å².